The third-order valence-corrected chi connectivity index (χ3v) is 3.90. The molecule has 0 saturated heterocycles. The summed E-state index contributed by atoms with van der Waals surface area (Å²) in [6, 6.07) is 3.81. The van der Waals surface area contributed by atoms with Crippen LogP contribution in [0.4, 0.5) is 0 Å². The summed E-state index contributed by atoms with van der Waals surface area (Å²) in [4.78, 5) is 24.0. The predicted molar refractivity (Wildman–Crippen MR) is 96.6 cm³/mol. The van der Waals surface area contributed by atoms with E-state index in [0.29, 0.717) is 6.54 Å². The van der Waals surface area contributed by atoms with Crippen LogP contribution in [-0.4, -0.2) is 29.1 Å². The lowest BCUT2D eigenvalue weighted by Gasteiger charge is -2.12. The number of nitrogens with one attached hydrogen (secondary N) is 1. The third kappa shape index (κ3) is 5.49. The molecule has 0 fully saturated rings. The monoisotopic (exact) mass is 345 g/mol. The molecule has 1 amide bonds. The Morgan fingerprint density at radius 2 is 2.04 bits per heavy atom. The number of rotatable bonds is 8. The molecule has 1 aromatic rings. The molecular formula is C19H27N3O3. The van der Waals surface area contributed by atoms with Gasteiger partial charge in [-0.3, -0.25) is 4.79 Å². The number of nitrogens with zero attached hydrogens (tertiary/aromatic N) is 2. The van der Waals surface area contributed by atoms with E-state index in [1.807, 2.05) is 32.9 Å². The molecule has 0 spiro atoms. The highest BCUT2D eigenvalue weighted by Gasteiger charge is 2.20. The summed E-state index contributed by atoms with van der Waals surface area (Å²) in [5, 5.41) is 12.0. The maximum atomic E-state index is 12.2. The van der Waals surface area contributed by atoms with E-state index >= 15 is 0 Å². The molecule has 0 radical (unpaired) electrons. The second kappa shape index (κ2) is 9.67. The Kier molecular flexibility index (Phi) is 7.93. The fourth-order valence-corrected chi connectivity index (χ4v) is 2.50. The average molecular weight is 345 g/mol. The van der Waals surface area contributed by atoms with E-state index in [0.717, 1.165) is 36.3 Å². The van der Waals surface area contributed by atoms with E-state index in [1.165, 1.54) is 13.0 Å². The highest BCUT2D eigenvalue weighted by molar-refractivity contribution is 5.99. The highest BCUT2D eigenvalue weighted by atomic mass is 16.5. The van der Waals surface area contributed by atoms with Gasteiger partial charge in [-0.1, -0.05) is 13.8 Å². The van der Waals surface area contributed by atoms with Crippen LogP contribution in [0, 0.1) is 25.2 Å². The van der Waals surface area contributed by atoms with E-state index in [9.17, 15) is 14.9 Å². The quantitative estimate of drug-likeness (QED) is 0.446. The number of nitriles is 1. The van der Waals surface area contributed by atoms with Gasteiger partial charge < -0.3 is 14.6 Å². The van der Waals surface area contributed by atoms with Gasteiger partial charge in [0, 0.05) is 24.5 Å². The normalized spacial score (nSPS) is 12.4. The Balaban J connectivity index is 2.93. The first-order valence-corrected chi connectivity index (χ1v) is 8.62. The Morgan fingerprint density at radius 3 is 2.60 bits per heavy atom. The molecule has 0 aliphatic carbocycles. The van der Waals surface area contributed by atoms with Gasteiger partial charge in [-0.25, -0.2) is 4.79 Å². The molecule has 0 aliphatic rings. The SMILES string of the molecule is CCCNC(=O)[C@H](C)OC(=O)/C(C#N)=C/c1cc(C)n(CCC)c1C. The molecule has 0 aromatic carbocycles. The molecule has 0 unspecified atom stereocenters. The first-order valence-electron chi connectivity index (χ1n) is 8.62. The fraction of sp³-hybridized carbons (Fsp3) is 0.526. The van der Waals surface area contributed by atoms with Crippen molar-refractivity contribution in [3.8, 4) is 6.07 Å². The van der Waals surface area contributed by atoms with Crippen molar-refractivity contribution in [3.63, 3.8) is 0 Å². The molecule has 0 aliphatic heterocycles. The summed E-state index contributed by atoms with van der Waals surface area (Å²) in [6.45, 7) is 10.9. The van der Waals surface area contributed by atoms with Crippen molar-refractivity contribution in [2.45, 2.75) is 60.1 Å². The van der Waals surface area contributed by atoms with Gasteiger partial charge in [0.2, 0.25) is 0 Å². The third-order valence-electron chi connectivity index (χ3n) is 3.90. The van der Waals surface area contributed by atoms with Gasteiger partial charge in [-0.2, -0.15) is 5.26 Å². The smallest absolute Gasteiger partial charge is 0.349 e. The highest BCUT2D eigenvalue weighted by Crippen LogP contribution is 2.19. The first-order chi connectivity index (χ1) is 11.8. The van der Waals surface area contributed by atoms with Crippen molar-refractivity contribution < 1.29 is 14.3 Å². The first kappa shape index (κ1) is 20.5. The van der Waals surface area contributed by atoms with Crippen LogP contribution in [0.15, 0.2) is 11.6 Å². The molecule has 6 nitrogen and oxygen atoms in total. The number of ether oxygens (including phenoxy) is 1. The zero-order chi connectivity index (χ0) is 19.0. The summed E-state index contributed by atoms with van der Waals surface area (Å²) in [6.07, 6.45) is 2.37. The van der Waals surface area contributed by atoms with Crippen LogP contribution in [0.2, 0.25) is 0 Å². The number of aromatic nitrogens is 1. The van der Waals surface area contributed by atoms with Gasteiger partial charge in [0.05, 0.1) is 0 Å². The fourth-order valence-electron chi connectivity index (χ4n) is 2.50. The van der Waals surface area contributed by atoms with Crippen LogP contribution in [-0.2, 0) is 20.9 Å². The maximum absolute atomic E-state index is 12.2. The van der Waals surface area contributed by atoms with Crippen LogP contribution in [0.3, 0.4) is 0 Å². The van der Waals surface area contributed by atoms with E-state index in [1.54, 1.807) is 0 Å². The van der Waals surface area contributed by atoms with Crippen LogP contribution in [0.1, 0.15) is 50.6 Å². The van der Waals surface area contributed by atoms with Crippen LogP contribution < -0.4 is 5.32 Å². The van der Waals surface area contributed by atoms with Crippen molar-refractivity contribution in [2.24, 2.45) is 0 Å². The van der Waals surface area contributed by atoms with Gasteiger partial charge in [0.1, 0.15) is 11.6 Å². The Labute approximate surface area is 149 Å². The maximum Gasteiger partial charge on any atom is 0.349 e. The second-order valence-corrected chi connectivity index (χ2v) is 5.99. The molecule has 1 aromatic heterocycles. The molecule has 1 atom stereocenters. The minimum absolute atomic E-state index is 0.119. The van der Waals surface area contributed by atoms with Gasteiger partial charge >= 0.3 is 5.97 Å². The van der Waals surface area contributed by atoms with E-state index in [-0.39, 0.29) is 11.5 Å². The van der Waals surface area contributed by atoms with Crippen LogP contribution >= 0.6 is 0 Å². The second-order valence-electron chi connectivity index (χ2n) is 5.99. The van der Waals surface area contributed by atoms with E-state index in [2.05, 4.69) is 16.8 Å². The van der Waals surface area contributed by atoms with Gasteiger partial charge in [-0.05, 0) is 51.3 Å². The molecule has 0 bridgehead atoms. The molecule has 6 heteroatoms. The van der Waals surface area contributed by atoms with Crippen molar-refractivity contribution in [2.75, 3.05) is 6.54 Å². The average Bonchev–Trinajstić information content (AvgIpc) is 2.84. The number of carbonyl (C=O) groups is 2. The molecule has 0 saturated carbocycles. The minimum atomic E-state index is -0.941. The van der Waals surface area contributed by atoms with Crippen LogP contribution in [0.5, 0.6) is 0 Å². The van der Waals surface area contributed by atoms with E-state index < -0.39 is 12.1 Å². The molecule has 1 heterocycles. The van der Waals surface area contributed by atoms with E-state index in [4.69, 9.17) is 4.74 Å². The number of aryl methyl sites for hydroxylation is 1. The minimum Gasteiger partial charge on any atom is -0.448 e. The van der Waals surface area contributed by atoms with Gasteiger partial charge in [0.15, 0.2) is 6.10 Å². The summed E-state index contributed by atoms with van der Waals surface area (Å²) in [5.74, 6) is -1.16. The lowest BCUT2D eigenvalue weighted by atomic mass is 10.1. The predicted octanol–water partition coefficient (Wildman–Crippen LogP) is 2.88. The lowest BCUT2D eigenvalue weighted by Crippen LogP contribution is -2.36. The lowest BCUT2D eigenvalue weighted by molar-refractivity contribution is -0.150. The number of esters is 1. The van der Waals surface area contributed by atoms with Gasteiger partial charge in [0.25, 0.3) is 5.91 Å². The van der Waals surface area contributed by atoms with Crippen molar-refractivity contribution >= 4 is 18.0 Å². The Bertz CT molecular complexity index is 696. The zero-order valence-corrected chi connectivity index (χ0v) is 15.7. The van der Waals surface area contributed by atoms with Crippen LogP contribution in [0.25, 0.3) is 6.08 Å². The van der Waals surface area contributed by atoms with Crippen molar-refractivity contribution in [1.82, 2.24) is 9.88 Å². The number of hydrogen-bond donors (Lipinski definition) is 1. The summed E-state index contributed by atoms with van der Waals surface area (Å²) in [7, 11) is 0. The zero-order valence-electron chi connectivity index (χ0n) is 15.7. The molecular weight excluding hydrogens is 318 g/mol. The standard InChI is InChI=1S/C19H27N3O3/c1-6-8-21-18(23)15(5)25-19(24)17(12-20)11-16-10-13(3)22(9-7-2)14(16)4/h10-11,15H,6-9H2,1-5H3,(H,21,23)/b17-11+/t15-/m0/s1. The number of hydrogen-bond acceptors (Lipinski definition) is 4. The summed E-state index contributed by atoms with van der Waals surface area (Å²) < 4.78 is 7.26. The number of carbonyl (C=O) groups excluding carboxylic acids is 2. The topological polar surface area (TPSA) is 84.1 Å². The molecule has 1 N–H and O–H groups in total. The summed E-state index contributed by atoms with van der Waals surface area (Å²) in [5.41, 5.74) is 2.76. The van der Waals surface area contributed by atoms with Crippen molar-refractivity contribution in [3.05, 3.63) is 28.6 Å². The Hall–Kier alpha value is -2.55. The molecule has 1 rings (SSSR count). The summed E-state index contributed by atoms with van der Waals surface area (Å²) >= 11 is 0. The number of amides is 1. The van der Waals surface area contributed by atoms with Gasteiger partial charge in [-0.15, -0.1) is 0 Å². The molecule has 136 valence electrons. The largest absolute Gasteiger partial charge is 0.448 e. The Morgan fingerprint density at radius 1 is 1.36 bits per heavy atom. The van der Waals surface area contributed by atoms with Crippen molar-refractivity contribution in [1.29, 1.82) is 5.26 Å². The molecule has 25 heavy (non-hydrogen) atoms.